The average molecular weight is 371 g/mol. The van der Waals surface area contributed by atoms with Crippen LogP contribution in [0.2, 0.25) is 0 Å². The molecular formula is C16H26N3O5P. The minimum Gasteiger partial charge on any atom is -0.351 e. The van der Waals surface area contributed by atoms with Gasteiger partial charge in [0.1, 0.15) is 6.23 Å². The van der Waals surface area contributed by atoms with Crippen molar-refractivity contribution < 1.29 is 13.8 Å². The molecule has 4 atom stereocenters. The highest BCUT2D eigenvalue weighted by Crippen LogP contribution is 2.48. The molecule has 2 heterocycles. The van der Waals surface area contributed by atoms with E-state index in [1.165, 1.54) is 16.8 Å². The second kappa shape index (κ2) is 8.56. The minimum absolute atomic E-state index is 0.238. The number of aromatic amines is 1. The van der Waals surface area contributed by atoms with Crippen LogP contribution in [0.3, 0.4) is 0 Å². The van der Waals surface area contributed by atoms with Gasteiger partial charge in [-0.05, 0) is 34.6 Å². The number of nitrogens with zero attached hydrogens (tertiary/aromatic N) is 2. The average Bonchev–Trinajstić information content (AvgIpc) is 2.86. The van der Waals surface area contributed by atoms with Gasteiger partial charge in [0.05, 0.1) is 12.2 Å². The fourth-order valence-corrected chi connectivity index (χ4v) is 4.45. The van der Waals surface area contributed by atoms with E-state index in [1.807, 2.05) is 0 Å². The molecule has 0 amide bonds. The normalized spacial score (nSPS) is 25.2. The number of aromatic nitrogens is 2. The molecule has 0 bridgehead atoms. The van der Waals surface area contributed by atoms with Crippen molar-refractivity contribution in [3.8, 4) is 0 Å². The minimum atomic E-state index is -1.31. The van der Waals surface area contributed by atoms with E-state index in [-0.39, 0.29) is 12.1 Å². The van der Waals surface area contributed by atoms with Crippen molar-refractivity contribution in [1.29, 1.82) is 0 Å². The number of hydrogen-bond donors (Lipinski definition) is 1. The molecule has 1 aromatic rings. The Morgan fingerprint density at radius 2 is 2.00 bits per heavy atom. The van der Waals surface area contributed by atoms with Gasteiger partial charge in [-0.2, -0.15) is 0 Å². The van der Waals surface area contributed by atoms with E-state index in [2.05, 4.69) is 37.3 Å². The van der Waals surface area contributed by atoms with Gasteiger partial charge in [-0.15, -0.1) is 0 Å². The first-order valence-corrected chi connectivity index (χ1v) is 9.39. The standard InChI is InChI=1S/C16H26N3O5P/c1-10(2)19(11(3)4)25(22-6)24-13-9-15(23-12(13)5)18-8-7-14(20)17-16(18)21/h5,7-8,10-13,15H,9H2,1-4,6H3,(H,17,20,21)/t12-,13-,15-,25?/m1/s1. The molecule has 1 fully saturated rings. The van der Waals surface area contributed by atoms with Crippen LogP contribution in [-0.2, 0) is 13.8 Å². The Morgan fingerprint density at radius 3 is 2.52 bits per heavy atom. The van der Waals surface area contributed by atoms with Crippen molar-refractivity contribution in [2.24, 2.45) is 0 Å². The first-order chi connectivity index (χ1) is 11.7. The molecule has 8 nitrogen and oxygen atoms in total. The SMILES string of the molecule is [CH][C@H]1O[C@@H](n2ccc(=O)[nH]c2=O)C[C@H]1OP(OC)N(C(C)C)C(C)C. The van der Waals surface area contributed by atoms with Crippen molar-refractivity contribution in [3.05, 3.63) is 40.0 Å². The zero-order valence-electron chi connectivity index (χ0n) is 15.2. The van der Waals surface area contributed by atoms with E-state index in [0.717, 1.165) is 0 Å². The Hall–Kier alpha value is -1.05. The summed E-state index contributed by atoms with van der Waals surface area (Å²) in [5, 5.41) is 0. The van der Waals surface area contributed by atoms with E-state index in [0.29, 0.717) is 6.42 Å². The topological polar surface area (TPSA) is 85.8 Å². The molecule has 0 aromatic carbocycles. The van der Waals surface area contributed by atoms with Crippen molar-refractivity contribution in [3.63, 3.8) is 0 Å². The van der Waals surface area contributed by atoms with Crippen LogP contribution in [0.25, 0.3) is 0 Å². The van der Waals surface area contributed by atoms with Gasteiger partial charge in [0.25, 0.3) is 14.1 Å². The Labute approximate surface area is 149 Å². The first kappa shape index (κ1) is 20.3. The number of hydrogen-bond acceptors (Lipinski definition) is 6. The second-order valence-electron chi connectivity index (χ2n) is 6.44. The van der Waals surface area contributed by atoms with Crippen LogP contribution >= 0.6 is 8.53 Å². The van der Waals surface area contributed by atoms with Crippen molar-refractivity contribution in [1.82, 2.24) is 14.2 Å². The molecular weight excluding hydrogens is 345 g/mol. The lowest BCUT2D eigenvalue weighted by atomic mass is 10.2. The first-order valence-electron chi connectivity index (χ1n) is 8.26. The monoisotopic (exact) mass is 371 g/mol. The van der Waals surface area contributed by atoms with E-state index in [1.54, 1.807) is 7.11 Å². The summed E-state index contributed by atoms with van der Waals surface area (Å²) >= 11 is 0. The molecule has 25 heavy (non-hydrogen) atoms. The highest BCUT2D eigenvalue weighted by Gasteiger charge is 2.39. The molecule has 1 aliphatic rings. The lowest BCUT2D eigenvalue weighted by Gasteiger charge is -2.36. The highest BCUT2D eigenvalue weighted by molar-refractivity contribution is 7.44. The van der Waals surface area contributed by atoms with Gasteiger partial charge < -0.3 is 13.8 Å². The largest absolute Gasteiger partial charge is 0.351 e. The number of H-pyrrole nitrogens is 1. The van der Waals surface area contributed by atoms with E-state index < -0.39 is 38.2 Å². The third-order valence-corrected chi connectivity index (χ3v) is 5.97. The smallest absolute Gasteiger partial charge is 0.330 e. The molecule has 2 rings (SSSR count). The maximum atomic E-state index is 11.9. The van der Waals surface area contributed by atoms with Crippen LogP contribution in [0.15, 0.2) is 21.9 Å². The lowest BCUT2D eigenvalue weighted by Crippen LogP contribution is -2.35. The Morgan fingerprint density at radius 1 is 1.36 bits per heavy atom. The van der Waals surface area contributed by atoms with Crippen LogP contribution in [0.1, 0.15) is 40.3 Å². The summed E-state index contributed by atoms with van der Waals surface area (Å²) < 4.78 is 20.8. The molecule has 1 N–H and O–H groups in total. The fraction of sp³-hybridized carbons (Fsp3) is 0.688. The van der Waals surface area contributed by atoms with Crippen molar-refractivity contribution >= 4 is 8.53 Å². The predicted octanol–water partition coefficient (Wildman–Crippen LogP) is 1.91. The highest BCUT2D eigenvalue weighted by atomic mass is 31.2. The fourth-order valence-electron chi connectivity index (χ4n) is 2.87. The molecule has 0 aliphatic carbocycles. The predicted molar refractivity (Wildman–Crippen MR) is 95.1 cm³/mol. The lowest BCUT2D eigenvalue weighted by molar-refractivity contribution is 0.00478. The molecule has 1 unspecified atom stereocenters. The van der Waals surface area contributed by atoms with Gasteiger partial charge in [-0.3, -0.25) is 14.3 Å². The van der Waals surface area contributed by atoms with Crippen LogP contribution in [0.4, 0.5) is 0 Å². The van der Waals surface area contributed by atoms with E-state index >= 15 is 0 Å². The Balaban J connectivity index is 2.12. The molecule has 0 spiro atoms. The summed E-state index contributed by atoms with van der Waals surface area (Å²) in [4.78, 5) is 25.3. The van der Waals surface area contributed by atoms with Crippen LogP contribution in [0, 0.1) is 6.92 Å². The molecule has 2 radical (unpaired) electrons. The summed E-state index contributed by atoms with van der Waals surface area (Å²) in [6, 6.07) is 1.75. The third kappa shape index (κ3) is 4.77. The van der Waals surface area contributed by atoms with Gasteiger partial charge in [-0.1, -0.05) is 0 Å². The second-order valence-corrected chi connectivity index (χ2v) is 7.95. The van der Waals surface area contributed by atoms with Crippen LogP contribution in [-0.4, -0.2) is 45.6 Å². The van der Waals surface area contributed by atoms with Crippen molar-refractivity contribution in [2.45, 2.75) is 64.6 Å². The van der Waals surface area contributed by atoms with Gasteiger partial charge in [-0.25, -0.2) is 9.46 Å². The molecule has 140 valence electrons. The maximum Gasteiger partial charge on any atom is 0.330 e. The van der Waals surface area contributed by atoms with Gasteiger partial charge in [0.2, 0.25) is 0 Å². The molecule has 1 aromatic heterocycles. The van der Waals surface area contributed by atoms with E-state index in [4.69, 9.17) is 20.7 Å². The van der Waals surface area contributed by atoms with Gasteiger partial charge >= 0.3 is 5.69 Å². The Bertz CT molecular complexity index is 666. The summed E-state index contributed by atoms with van der Waals surface area (Å²) in [6.07, 6.45) is 0.0816. The number of nitrogens with one attached hydrogen (secondary N) is 1. The quantitative estimate of drug-likeness (QED) is 0.737. The zero-order valence-corrected chi connectivity index (χ0v) is 16.1. The van der Waals surface area contributed by atoms with Crippen LogP contribution in [0.5, 0.6) is 0 Å². The number of ether oxygens (including phenoxy) is 1. The van der Waals surface area contributed by atoms with Gasteiger partial charge in [0.15, 0.2) is 0 Å². The summed E-state index contributed by atoms with van der Waals surface area (Å²) in [5.41, 5.74) is -0.992. The van der Waals surface area contributed by atoms with Crippen molar-refractivity contribution in [2.75, 3.05) is 7.11 Å². The number of rotatable bonds is 7. The third-order valence-electron chi connectivity index (χ3n) is 3.90. The zero-order chi connectivity index (χ0) is 18.7. The molecule has 0 saturated carbocycles. The summed E-state index contributed by atoms with van der Waals surface area (Å²) in [7, 11) is 0.295. The Kier molecular flexibility index (Phi) is 6.93. The van der Waals surface area contributed by atoms with Gasteiger partial charge in [0, 0.05) is 37.9 Å². The maximum absolute atomic E-state index is 11.9. The van der Waals surface area contributed by atoms with E-state index in [9.17, 15) is 9.59 Å². The van der Waals surface area contributed by atoms with Crippen LogP contribution < -0.4 is 11.2 Å². The molecule has 1 aliphatic heterocycles. The summed E-state index contributed by atoms with van der Waals surface area (Å²) in [5.74, 6) is 0. The molecule has 1 saturated heterocycles. The summed E-state index contributed by atoms with van der Waals surface area (Å²) in [6.45, 7) is 14.3. The molecule has 9 heteroatoms.